The first kappa shape index (κ1) is 15.1. The van der Waals surface area contributed by atoms with E-state index in [0.29, 0.717) is 6.42 Å². The van der Waals surface area contributed by atoms with Gasteiger partial charge in [-0.25, -0.2) is 0 Å². The fourth-order valence-electron chi connectivity index (χ4n) is 2.59. The van der Waals surface area contributed by atoms with Crippen molar-refractivity contribution in [1.82, 2.24) is 10.2 Å². The Hall–Kier alpha value is -1.27. The van der Waals surface area contributed by atoms with E-state index >= 15 is 0 Å². The molecule has 2 aliphatic rings. The summed E-state index contributed by atoms with van der Waals surface area (Å²) in [5.74, 6) is -0.715. The van der Waals surface area contributed by atoms with Crippen LogP contribution in [0.15, 0.2) is 0 Å². The van der Waals surface area contributed by atoms with Crippen LogP contribution in [0.5, 0.6) is 0 Å². The van der Waals surface area contributed by atoms with Crippen LogP contribution in [0, 0.1) is 5.92 Å². The standard InChI is InChI=1S/C13H19F3N2O2/c1-3-12(2)11(20)18(7-6-13(14,15)16)9(8-4-5-8)10(19)17-12/h8-9H,3-7H2,1-2H3,(H,17,19). The fraction of sp³-hybridized carbons (Fsp3) is 0.846. The summed E-state index contributed by atoms with van der Waals surface area (Å²) in [7, 11) is 0. The van der Waals surface area contributed by atoms with Crippen LogP contribution in [0.3, 0.4) is 0 Å². The molecule has 0 aromatic rings. The van der Waals surface area contributed by atoms with Crippen molar-refractivity contribution in [2.75, 3.05) is 6.54 Å². The Labute approximate surface area is 115 Å². The maximum absolute atomic E-state index is 12.4. The monoisotopic (exact) mass is 292 g/mol. The van der Waals surface area contributed by atoms with Gasteiger partial charge in [-0.05, 0) is 32.1 Å². The molecular weight excluding hydrogens is 273 g/mol. The number of hydrogen-bond donors (Lipinski definition) is 1. The van der Waals surface area contributed by atoms with E-state index in [0.717, 1.165) is 17.7 Å². The molecule has 4 nitrogen and oxygen atoms in total. The second kappa shape index (κ2) is 4.93. The van der Waals surface area contributed by atoms with Crippen molar-refractivity contribution < 1.29 is 22.8 Å². The van der Waals surface area contributed by atoms with Gasteiger partial charge in [-0.2, -0.15) is 13.2 Å². The predicted octanol–water partition coefficient (Wildman–Crippen LogP) is 1.84. The van der Waals surface area contributed by atoms with Crippen LogP contribution in [-0.2, 0) is 9.59 Å². The van der Waals surface area contributed by atoms with E-state index in [-0.39, 0.29) is 11.8 Å². The first-order valence-electron chi connectivity index (χ1n) is 6.88. The SMILES string of the molecule is CCC1(C)NC(=O)C(C2CC2)N(CCC(F)(F)F)C1=O. The van der Waals surface area contributed by atoms with Crippen molar-refractivity contribution in [2.45, 2.75) is 57.3 Å². The lowest BCUT2D eigenvalue weighted by atomic mass is 9.90. The molecule has 2 amide bonds. The summed E-state index contributed by atoms with van der Waals surface area (Å²) in [5.41, 5.74) is -1.09. The number of piperazine rings is 1. The van der Waals surface area contributed by atoms with E-state index in [1.54, 1.807) is 13.8 Å². The first-order chi connectivity index (χ1) is 9.18. The molecule has 20 heavy (non-hydrogen) atoms. The number of rotatable bonds is 4. The smallest absolute Gasteiger partial charge is 0.340 e. The average Bonchev–Trinajstić information content (AvgIpc) is 3.14. The van der Waals surface area contributed by atoms with Gasteiger partial charge in [-0.3, -0.25) is 9.59 Å². The highest BCUT2D eigenvalue weighted by Crippen LogP contribution is 2.39. The molecule has 7 heteroatoms. The quantitative estimate of drug-likeness (QED) is 0.859. The van der Waals surface area contributed by atoms with E-state index < -0.39 is 36.6 Å². The van der Waals surface area contributed by atoms with Crippen molar-refractivity contribution in [2.24, 2.45) is 5.92 Å². The van der Waals surface area contributed by atoms with Gasteiger partial charge < -0.3 is 10.2 Å². The fourth-order valence-corrected chi connectivity index (χ4v) is 2.59. The molecule has 114 valence electrons. The summed E-state index contributed by atoms with van der Waals surface area (Å²) < 4.78 is 37.2. The second-order valence-corrected chi connectivity index (χ2v) is 5.82. The van der Waals surface area contributed by atoms with Crippen molar-refractivity contribution in [1.29, 1.82) is 0 Å². The Morgan fingerprint density at radius 2 is 1.95 bits per heavy atom. The molecule has 2 rings (SSSR count). The van der Waals surface area contributed by atoms with Crippen LogP contribution in [-0.4, -0.2) is 41.0 Å². The first-order valence-corrected chi connectivity index (χ1v) is 6.88. The highest BCUT2D eigenvalue weighted by molar-refractivity contribution is 5.99. The van der Waals surface area contributed by atoms with Gasteiger partial charge in [0.2, 0.25) is 11.8 Å². The molecule has 1 aliphatic carbocycles. The number of nitrogens with one attached hydrogen (secondary N) is 1. The summed E-state index contributed by atoms with van der Waals surface area (Å²) in [6.07, 6.45) is -3.47. The molecule has 2 atom stereocenters. The Balaban J connectivity index is 2.20. The van der Waals surface area contributed by atoms with E-state index in [9.17, 15) is 22.8 Å². The molecular formula is C13H19F3N2O2. The van der Waals surface area contributed by atoms with Crippen molar-refractivity contribution >= 4 is 11.8 Å². The largest absolute Gasteiger partial charge is 0.390 e. The lowest BCUT2D eigenvalue weighted by Gasteiger charge is -2.44. The van der Waals surface area contributed by atoms with Crippen LogP contribution < -0.4 is 5.32 Å². The number of amides is 2. The highest BCUT2D eigenvalue weighted by atomic mass is 19.4. The van der Waals surface area contributed by atoms with E-state index in [4.69, 9.17) is 0 Å². The molecule has 1 N–H and O–H groups in total. The predicted molar refractivity (Wildman–Crippen MR) is 65.7 cm³/mol. The molecule has 1 saturated carbocycles. The van der Waals surface area contributed by atoms with Gasteiger partial charge in [0.05, 0.1) is 6.42 Å². The van der Waals surface area contributed by atoms with Crippen LogP contribution >= 0.6 is 0 Å². The molecule has 1 saturated heterocycles. The summed E-state index contributed by atoms with van der Waals surface area (Å²) >= 11 is 0. The minimum absolute atomic E-state index is 0.00795. The summed E-state index contributed by atoms with van der Waals surface area (Å²) in [6, 6.07) is -0.732. The third-order valence-corrected chi connectivity index (χ3v) is 4.15. The van der Waals surface area contributed by atoms with Gasteiger partial charge in [0.15, 0.2) is 0 Å². The lowest BCUT2D eigenvalue weighted by Crippen LogP contribution is -2.69. The summed E-state index contributed by atoms with van der Waals surface area (Å²) in [5, 5.41) is 2.68. The lowest BCUT2D eigenvalue weighted by molar-refractivity contribution is -0.163. The second-order valence-electron chi connectivity index (χ2n) is 5.82. The maximum Gasteiger partial charge on any atom is 0.390 e. The number of alkyl halides is 3. The number of carbonyl (C=O) groups excluding carboxylic acids is 2. The van der Waals surface area contributed by atoms with Crippen molar-refractivity contribution in [3.8, 4) is 0 Å². The minimum Gasteiger partial charge on any atom is -0.340 e. The molecule has 0 spiro atoms. The molecule has 2 fully saturated rings. The van der Waals surface area contributed by atoms with Crippen LogP contribution in [0.25, 0.3) is 0 Å². The number of nitrogens with zero attached hydrogens (tertiary/aromatic N) is 1. The zero-order chi connectivity index (χ0) is 15.1. The molecule has 0 aromatic heterocycles. The Bertz CT molecular complexity index is 420. The molecule has 0 radical (unpaired) electrons. The van der Waals surface area contributed by atoms with Gasteiger partial charge in [0.1, 0.15) is 11.6 Å². The number of hydrogen-bond acceptors (Lipinski definition) is 2. The van der Waals surface area contributed by atoms with Gasteiger partial charge in [-0.1, -0.05) is 6.92 Å². The van der Waals surface area contributed by atoms with Crippen molar-refractivity contribution in [3.63, 3.8) is 0 Å². The summed E-state index contributed by atoms with van der Waals surface area (Å²) in [4.78, 5) is 25.7. The van der Waals surface area contributed by atoms with Gasteiger partial charge in [0, 0.05) is 6.54 Å². The van der Waals surface area contributed by atoms with Gasteiger partial charge >= 0.3 is 6.18 Å². The molecule has 1 heterocycles. The minimum atomic E-state index is -4.33. The van der Waals surface area contributed by atoms with E-state index in [2.05, 4.69) is 5.32 Å². The Morgan fingerprint density at radius 3 is 2.40 bits per heavy atom. The molecule has 0 bridgehead atoms. The van der Waals surface area contributed by atoms with Crippen molar-refractivity contribution in [3.05, 3.63) is 0 Å². The third-order valence-electron chi connectivity index (χ3n) is 4.15. The van der Waals surface area contributed by atoms with Gasteiger partial charge in [-0.15, -0.1) is 0 Å². The third kappa shape index (κ3) is 2.91. The molecule has 0 aromatic carbocycles. The number of carbonyl (C=O) groups is 2. The zero-order valence-corrected chi connectivity index (χ0v) is 11.6. The number of halogens is 3. The van der Waals surface area contributed by atoms with Crippen LogP contribution in [0.4, 0.5) is 13.2 Å². The topological polar surface area (TPSA) is 49.4 Å². The maximum atomic E-state index is 12.4. The normalized spacial score (nSPS) is 31.4. The van der Waals surface area contributed by atoms with Crippen LogP contribution in [0.2, 0.25) is 0 Å². The molecule has 1 aliphatic heterocycles. The summed E-state index contributed by atoms with van der Waals surface area (Å²) in [6.45, 7) is 2.86. The Morgan fingerprint density at radius 1 is 1.35 bits per heavy atom. The molecule has 2 unspecified atom stereocenters. The average molecular weight is 292 g/mol. The Kier molecular flexibility index (Phi) is 3.73. The van der Waals surface area contributed by atoms with Gasteiger partial charge in [0.25, 0.3) is 0 Å². The van der Waals surface area contributed by atoms with E-state index in [1.165, 1.54) is 0 Å². The zero-order valence-electron chi connectivity index (χ0n) is 11.6. The van der Waals surface area contributed by atoms with Crippen LogP contribution in [0.1, 0.15) is 39.5 Å². The highest BCUT2D eigenvalue weighted by Gasteiger charge is 2.52. The van der Waals surface area contributed by atoms with E-state index in [1.807, 2.05) is 0 Å².